The van der Waals surface area contributed by atoms with Crippen molar-refractivity contribution >= 4 is 11.9 Å². The molecule has 0 spiro atoms. The molecule has 0 bridgehead atoms. The van der Waals surface area contributed by atoms with E-state index in [2.05, 4.69) is 19.2 Å². The molecule has 0 aromatic rings. The summed E-state index contributed by atoms with van der Waals surface area (Å²) in [6, 6.07) is -0.140. The third-order valence-electron chi connectivity index (χ3n) is 4.66. The number of amides is 1. The zero-order chi connectivity index (χ0) is 15.3. The monoisotopic (exact) mass is 284 g/mol. The average Bonchev–Trinajstić information content (AvgIpc) is 2.76. The summed E-state index contributed by atoms with van der Waals surface area (Å²) in [4.78, 5) is 22.6. The van der Waals surface area contributed by atoms with Crippen LogP contribution in [0.1, 0.15) is 52.9 Å². The molecule has 5 heteroatoms. The van der Waals surface area contributed by atoms with Crippen molar-refractivity contribution in [1.82, 2.24) is 5.32 Å². The van der Waals surface area contributed by atoms with Gasteiger partial charge in [-0.05, 0) is 31.1 Å². The molecule has 0 aromatic carbocycles. The Hall–Kier alpha value is -1.10. The third kappa shape index (κ3) is 4.47. The Kier molecular flexibility index (Phi) is 6.46. The van der Waals surface area contributed by atoms with Gasteiger partial charge < -0.3 is 16.2 Å². The van der Waals surface area contributed by atoms with Crippen molar-refractivity contribution < 1.29 is 14.7 Å². The van der Waals surface area contributed by atoms with Crippen molar-refractivity contribution in [1.29, 1.82) is 0 Å². The number of carbonyl (C=O) groups excluding carboxylic acids is 1. The topological polar surface area (TPSA) is 92.4 Å². The van der Waals surface area contributed by atoms with Gasteiger partial charge in [-0.2, -0.15) is 0 Å². The normalized spacial score (nSPS) is 27.6. The molecule has 1 fully saturated rings. The minimum absolute atomic E-state index is 0.00301. The van der Waals surface area contributed by atoms with Gasteiger partial charge in [-0.25, -0.2) is 0 Å². The number of rotatable bonds is 7. The molecule has 1 saturated carbocycles. The molecule has 0 aromatic heterocycles. The van der Waals surface area contributed by atoms with E-state index in [1.54, 1.807) is 0 Å². The van der Waals surface area contributed by atoms with Crippen molar-refractivity contribution in [2.45, 2.75) is 65.0 Å². The Balaban J connectivity index is 2.76. The molecule has 20 heavy (non-hydrogen) atoms. The summed E-state index contributed by atoms with van der Waals surface area (Å²) in [5.41, 5.74) is 6.13. The van der Waals surface area contributed by atoms with E-state index in [0.29, 0.717) is 18.8 Å². The second-order valence-corrected chi connectivity index (χ2v) is 6.06. The lowest BCUT2D eigenvalue weighted by Gasteiger charge is -2.30. The van der Waals surface area contributed by atoms with Crippen molar-refractivity contribution in [3.8, 4) is 0 Å². The minimum atomic E-state index is -0.771. The highest BCUT2D eigenvalue weighted by atomic mass is 16.4. The maximum atomic E-state index is 11.4. The van der Waals surface area contributed by atoms with Crippen LogP contribution in [0.5, 0.6) is 0 Å². The molecule has 0 radical (unpaired) electrons. The first-order valence-corrected chi connectivity index (χ1v) is 7.64. The van der Waals surface area contributed by atoms with Gasteiger partial charge in [-0.3, -0.25) is 9.59 Å². The Morgan fingerprint density at radius 2 is 1.90 bits per heavy atom. The number of hydrogen-bond acceptors (Lipinski definition) is 3. The highest BCUT2D eigenvalue weighted by molar-refractivity contribution is 5.73. The van der Waals surface area contributed by atoms with Crippen LogP contribution in [0.2, 0.25) is 0 Å². The molecule has 2 unspecified atom stereocenters. The van der Waals surface area contributed by atoms with Crippen LogP contribution in [0.3, 0.4) is 0 Å². The summed E-state index contributed by atoms with van der Waals surface area (Å²) >= 11 is 0. The molecule has 1 rings (SSSR count). The van der Waals surface area contributed by atoms with Crippen molar-refractivity contribution in [2.75, 3.05) is 0 Å². The fourth-order valence-electron chi connectivity index (χ4n) is 3.35. The molecule has 4 atom stereocenters. The SMILES string of the molecule is CCC(CC)CC(NC(C)=O)[C@H]1CC(C(=O)O)C[C@H]1N. The van der Waals surface area contributed by atoms with Gasteiger partial charge in [0, 0.05) is 19.0 Å². The van der Waals surface area contributed by atoms with Gasteiger partial charge in [-0.15, -0.1) is 0 Å². The Bertz CT molecular complexity index is 342. The quantitative estimate of drug-likeness (QED) is 0.664. The van der Waals surface area contributed by atoms with Crippen LogP contribution < -0.4 is 11.1 Å². The first-order chi connectivity index (χ1) is 9.38. The highest BCUT2D eigenvalue weighted by Gasteiger charge is 2.40. The van der Waals surface area contributed by atoms with Crippen LogP contribution >= 0.6 is 0 Å². The van der Waals surface area contributed by atoms with E-state index in [1.807, 2.05) is 0 Å². The minimum Gasteiger partial charge on any atom is -0.481 e. The number of nitrogens with two attached hydrogens (primary N) is 1. The summed E-state index contributed by atoms with van der Waals surface area (Å²) in [5, 5.41) is 12.1. The molecule has 1 aliphatic rings. The maximum Gasteiger partial charge on any atom is 0.306 e. The van der Waals surface area contributed by atoms with E-state index >= 15 is 0 Å². The molecule has 1 amide bonds. The molecular weight excluding hydrogens is 256 g/mol. The molecule has 1 aliphatic carbocycles. The second-order valence-electron chi connectivity index (χ2n) is 6.06. The lowest BCUT2D eigenvalue weighted by Crippen LogP contribution is -2.45. The van der Waals surface area contributed by atoms with Crippen LogP contribution in [-0.2, 0) is 9.59 Å². The lowest BCUT2D eigenvalue weighted by molar-refractivity contribution is -0.141. The van der Waals surface area contributed by atoms with Gasteiger partial charge in [0.25, 0.3) is 0 Å². The van der Waals surface area contributed by atoms with Crippen molar-refractivity contribution in [2.24, 2.45) is 23.5 Å². The van der Waals surface area contributed by atoms with E-state index in [1.165, 1.54) is 6.92 Å². The summed E-state index contributed by atoms with van der Waals surface area (Å²) in [7, 11) is 0. The number of aliphatic carboxylic acids is 1. The predicted molar refractivity (Wildman–Crippen MR) is 78.1 cm³/mol. The average molecular weight is 284 g/mol. The van der Waals surface area contributed by atoms with Crippen LogP contribution in [0.15, 0.2) is 0 Å². The first kappa shape index (κ1) is 17.0. The van der Waals surface area contributed by atoms with Crippen LogP contribution in [0, 0.1) is 17.8 Å². The fourth-order valence-corrected chi connectivity index (χ4v) is 3.35. The predicted octanol–water partition coefficient (Wildman–Crippen LogP) is 1.76. The van der Waals surface area contributed by atoms with Gasteiger partial charge >= 0.3 is 5.97 Å². The maximum absolute atomic E-state index is 11.4. The molecule has 4 N–H and O–H groups in total. The fraction of sp³-hybridized carbons (Fsp3) is 0.867. The van der Waals surface area contributed by atoms with Gasteiger partial charge in [0.2, 0.25) is 5.91 Å². The standard InChI is InChI=1S/C15H28N2O3/c1-4-10(5-2)6-14(17-9(3)18)12-7-11(15(19)20)8-13(12)16/h10-14H,4-8,16H2,1-3H3,(H,17,18)(H,19,20)/t11?,12-,13+,14?/m0/s1. The van der Waals surface area contributed by atoms with E-state index < -0.39 is 5.97 Å². The van der Waals surface area contributed by atoms with Crippen LogP contribution in [0.25, 0.3) is 0 Å². The summed E-state index contributed by atoms with van der Waals surface area (Å²) in [6.07, 6.45) is 4.10. The Labute approximate surface area is 121 Å². The summed E-state index contributed by atoms with van der Waals surface area (Å²) in [5.74, 6) is -0.588. The highest BCUT2D eigenvalue weighted by Crippen LogP contribution is 2.35. The van der Waals surface area contributed by atoms with Gasteiger partial charge in [0.05, 0.1) is 5.92 Å². The molecule has 0 saturated heterocycles. The molecule has 0 heterocycles. The zero-order valence-electron chi connectivity index (χ0n) is 12.8. The number of hydrogen-bond donors (Lipinski definition) is 3. The zero-order valence-corrected chi connectivity index (χ0v) is 12.8. The smallest absolute Gasteiger partial charge is 0.306 e. The molecular formula is C15H28N2O3. The van der Waals surface area contributed by atoms with E-state index in [-0.39, 0.29) is 29.8 Å². The number of carboxylic acids is 1. The Morgan fingerprint density at radius 3 is 2.30 bits per heavy atom. The molecule has 5 nitrogen and oxygen atoms in total. The third-order valence-corrected chi connectivity index (χ3v) is 4.66. The van der Waals surface area contributed by atoms with Gasteiger partial charge in [-0.1, -0.05) is 26.7 Å². The van der Waals surface area contributed by atoms with Crippen molar-refractivity contribution in [3.63, 3.8) is 0 Å². The number of nitrogens with one attached hydrogen (secondary N) is 1. The van der Waals surface area contributed by atoms with Crippen LogP contribution in [0.4, 0.5) is 0 Å². The second kappa shape index (κ2) is 7.62. The summed E-state index contributed by atoms with van der Waals surface area (Å²) < 4.78 is 0. The molecule has 116 valence electrons. The van der Waals surface area contributed by atoms with E-state index in [0.717, 1.165) is 19.3 Å². The number of carboxylic acid groups (broad SMARTS) is 1. The van der Waals surface area contributed by atoms with E-state index in [4.69, 9.17) is 10.8 Å². The molecule has 0 aliphatic heterocycles. The largest absolute Gasteiger partial charge is 0.481 e. The lowest BCUT2D eigenvalue weighted by atomic mass is 9.85. The van der Waals surface area contributed by atoms with Crippen LogP contribution in [-0.4, -0.2) is 29.1 Å². The van der Waals surface area contributed by atoms with E-state index in [9.17, 15) is 9.59 Å². The van der Waals surface area contributed by atoms with Gasteiger partial charge in [0.15, 0.2) is 0 Å². The number of carbonyl (C=O) groups is 2. The first-order valence-electron chi connectivity index (χ1n) is 7.64. The Morgan fingerprint density at radius 1 is 1.30 bits per heavy atom. The summed E-state index contributed by atoms with van der Waals surface area (Å²) in [6.45, 7) is 5.80. The van der Waals surface area contributed by atoms with Gasteiger partial charge in [0.1, 0.15) is 0 Å². The van der Waals surface area contributed by atoms with Crippen molar-refractivity contribution in [3.05, 3.63) is 0 Å².